The number of piperidine rings is 1. The minimum Gasteiger partial charge on any atom is -0.327 e. The van der Waals surface area contributed by atoms with E-state index in [-0.39, 0.29) is 0 Å². The molecule has 1 rings (SSSR count). The normalized spacial score (nSPS) is 31.2. The van der Waals surface area contributed by atoms with Crippen LogP contribution in [0.1, 0.15) is 33.6 Å². The minimum atomic E-state index is 0.413. The monoisotopic (exact) mass is 184 g/mol. The second kappa shape index (κ2) is 4.97. The van der Waals surface area contributed by atoms with Gasteiger partial charge in [0.2, 0.25) is 0 Å². The highest BCUT2D eigenvalue weighted by molar-refractivity contribution is 4.79. The van der Waals surface area contributed by atoms with Crippen LogP contribution in [0, 0.1) is 11.8 Å². The summed E-state index contributed by atoms with van der Waals surface area (Å²) in [6, 6.07) is 0.413. The van der Waals surface area contributed by atoms with Crippen LogP contribution in [0.25, 0.3) is 0 Å². The lowest BCUT2D eigenvalue weighted by atomic mass is 9.96. The lowest BCUT2D eigenvalue weighted by Crippen LogP contribution is -2.46. The third kappa shape index (κ3) is 4.10. The fraction of sp³-hybridized carbons (Fsp3) is 1.00. The van der Waals surface area contributed by atoms with Crippen molar-refractivity contribution in [3.63, 3.8) is 0 Å². The number of likely N-dealkylation sites (tertiary alicyclic amines) is 1. The summed E-state index contributed by atoms with van der Waals surface area (Å²) in [4.78, 5) is 2.53. The van der Waals surface area contributed by atoms with E-state index in [0.717, 1.165) is 18.4 Å². The molecule has 0 bridgehead atoms. The minimum absolute atomic E-state index is 0.413. The Hall–Kier alpha value is -0.0800. The molecule has 0 aliphatic carbocycles. The summed E-state index contributed by atoms with van der Waals surface area (Å²) in [6.45, 7) is 10.5. The molecule has 0 aromatic carbocycles. The molecule has 0 amide bonds. The SMILES string of the molecule is CC(C)CCN1CC(C)CC(N)C1. The van der Waals surface area contributed by atoms with E-state index in [1.807, 2.05) is 0 Å². The first-order chi connectivity index (χ1) is 6.08. The van der Waals surface area contributed by atoms with Crippen molar-refractivity contribution in [1.82, 2.24) is 4.90 Å². The molecule has 1 aliphatic heterocycles. The van der Waals surface area contributed by atoms with Crippen LogP contribution in [0.3, 0.4) is 0 Å². The molecule has 2 unspecified atom stereocenters. The molecule has 2 heteroatoms. The van der Waals surface area contributed by atoms with Crippen LogP contribution >= 0.6 is 0 Å². The Morgan fingerprint density at radius 2 is 2.08 bits per heavy atom. The van der Waals surface area contributed by atoms with Gasteiger partial charge in [-0.1, -0.05) is 20.8 Å². The first kappa shape index (κ1) is 11.0. The first-order valence-corrected chi connectivity index (χ1v) is 5.56. The van der Waals surface area contributed by atoms with Gasteiger partial charge in [-0.3, -0.25) is 0 Å². The smallest absolute Gasteiger partial charge is 0.0170 e. The fourth-order valence-electron chi connectivity index (χ4n) is 2.14. The fourth-order valence-corrected chi connectivity index (χ4v) is 2.14. The van der Waals surface area contributed by atoms with E-state index in [4.69, 9.17) is 5.73 Å². The molecule has 2 nitrogen and oxygen atoms in total. The van der Waals surface area contributed by atoms with E-state index in [2.05, 4.69) is 25.7 Å². The summed E-state index contributed by atoms with van der Waals surface area (Å²) in [5, 5.41) is 0. The highest BCUT2D eigenvalue weighted by Gasteiger charge is 2.21. The molecule has 1 heterocycles. The van der Waals surface area contributed by atoms with Crippen molar-refractivity contribution >= 4 is 0 Å². The summed E-state index contributed by atoms with van der Waals surface area (Å²) in [6.07, 6.45) is 2.51. The predicted molar refractivity (Wildman–Crippen MR) is 57.7 cm³/mol. The van der Waals surface area contributed by atoms with Gasteiger partial charge < -0.3 is 10.6 Å². The Bertz CT molecular complexity index is 135. The summed E-state index contributed by atoms with van der Waals surface area (Å²) in [5.41, 5.74) is 5.98. The third-order valence-corrected chi connectivity index (χ3v) is 2.79. The molecule has 0 aromatic rings. The van der Waals surface area contributed by atoms with Gasteiger partial charge in [-0.25, -0.2) is 0 Å². The number of hydrogen-bond acceptors (Lipinski definition) is 2. The maximum Gasteiger partial charge on any atom is 0.0170 e. The van der Waals surface area contributed by atoms with E-state index in [9.17, 15) is 0 Å². The number of nitrogens with two attached hydrogens (primary N) is 1. The molecule has 1 saturated heterocycles. The van der Waals surface area contributed by atoms with Crippen LogP contribution in [-0.4, -0.2) is 30.6 Å². The van der Waals surface area contributed by atoms with E-state index >= 15 is 0 Å². The van der Waals surface area contributed by atoms with Gasteiger partial charge in [0.15, 0.2) is 0 Å². The number of rotatable bonds is 3. The Morgan fingerprint density at radius 1 is 1.38 bits per heavy atom. The second-order valence-electron chi connectivity index (χ2n) is 5.04. The van der Waals surface area contributed by atoms with Gasteiger partial charge in [-0.05, 0) is 31.2 Å². The van der Waals surface area contributed by atoms with Crippen LogP contribution in [0.5, 0.6) is 0 Å². The van der Waals surface area contributed by atoms with E-state index in [1.54, 1.807) is 0 Å². The van der Waals surface area contributed by atoms with Crippen LogP contribution < -0.4 is 5.73 Å². The summed E-state index contributed by atoms with van der Waals surface area (Å²) >= 11 is 0. The Morgan fingerprint density at radius 3 is 2.62 bits per heavy atom. The number of hydrogen-bond donors (Lipinski definition) is 1. The standard InChI is InChI=1S/C11H24N2/c1-9(2)4-5-13-7-10(3)6-11(12)8-13/h9-11H,4-8,12H2,1-3H3. The van der Waals surface area contributed by atoms with Crippen molar-refractivity contribution in [1.29, 1.82) is 0 Å². The molecule has 1 fully saturated rings. The molecule has 0 saturated carbocycles. The Balaban J connectivity index is 2.25. The van der Waals surface area contributed by atoms with Gasteiger partial charge in [0.05, 0.1) is 0 Å². The lowest BCUT2D eigenvalue weighted by Gasteiger charge is -2.35. The van der Waals surface area contributed by atoms with Gasteiger partial charge in [-0.15, -0.1) is 0 Å². The zero-order chi connectivity index (χ0) is 9.84. The predicted octanol–water partition coefficient (Wildman–Crippen LogP) is 1.70. The summed E-state index contributed by atoms with van der Waals surface area (Å²) in [7, 11) is 0. The molecule has 2 N–H and O–H groups in total. The first-order valence-electron chi connectivity index (χ1n) is 5.56. The van der Waals surface area contributed by atoms with Gasteiger partial charge >= 0.3 is 0 Å². The van der Waals surface area contributed by atoms with E-state index in [0.29, 0.717) is 6.04 Å². The third-order valence-electron chi connectivity index (χ3n) is 2.79. The van der Waals surface area contributed by atoms with Crippen LogP contribution in [0.2, 0.25) is 0 Å². The Kier molecular flexibility index (Phi) is 4.20. The molecule has 2 atom stereocenters. The molecular formula is C11H24N2. The topological polar surface area (TPSA) is 29.3 Å². The number of nitrogens with zero attached hydrogens (tertiary/aromatic N) is 1. The largest absolute Gasteiger partial charge is 0.327 e. The van der Waals surface area contributed by atoms with E-state index in [1.165, 1.54) is 25.9 Å². The van der Waals surface area contributed by atoms with Gasteiger partial charge in [0, 0.05) is 19.1 Å². The molecule has 13 heavy (non-hydrogen) atoms. The highest BCUT2D eigenvalue weighted by atomic mass is 15.1. The van der Waals surface area contributed by atoms with Gasteiger partial charge in [0.25, 0.3) is 0 Å². The zero-order valence-corrected chi connectivity index (χ0v) is 9.29. The van der Waals surface area contributed by atoms with Gasteiger partial charge in [0.1, 0.15) is 0 Å². The quantitative estimate of drug-likeness (QED) is 0.723. The van der Waals surface area contributed by atoms with Gasteiger partial charge in [-0.2, -0.15) is 0 Å². The van der Waals surface area contributed by atoms with Crippen molar-refractivity contribution in [3.05, 3.63) is 0 Å². The molecular weight excluding hydrogens is 160 g/mol. The van der Waals surface area contributed by atoms with Crippen molar-refractivity contribution in [2.45, 2.75) is 39.7 Å². The average molecular weight is 184 g/mol. The molecule has 78 valence electrons. The van der Waals surface area contributed by atoms with Crippen molar-refractivity contribution < 1.29 is 0 Å². The molecule has 0 radical (unpaired) electrons. The molecule has 1 aliphatic rings. The second-order valence-corrected chi connectivity index (χ2v) is 5.04. The maximum atomic E-state index is 5.98. The van der Waals surface area contributed by atoms with E-state index < -0.39 is 0 Å². The molecule has 0 aromatic heterocycles. The van der Waals surface area contributed by atoms with Crippen molar-refractivity contribution in [2.75, 3.05) is 19.6 Å². The summed E-state index contributed by atoms with van der Waals surface area (Å²) in [5.74, 6) is 1.60. The Labute approximate surface area is 82.5 Å². The van der Waals surface area contributed by atoms with Crippen molar-refractivity contribution in [3.8, 4) is 0 Å². The molecule has 0 spiro atoms. The maximum absolute atomic E-state index is 5.98. The highest BCUT2D eigenvalue weighted by Crippen LogP contribution is 2.15. The lowest BCUT2D eigenvalue weighted by molar-refractivity contribution is 0.158. The van der Waals surface area contributed by atoms with Crippen molar-refractivity contribution in [2.24, 2.45) is 17.6 Å². The van der Waals surface area contributed by atoms with Crippen LogP contribution in [0.4, 0.5) is 0 Å². The van der Waals surface area contributed by atoms with Crippen LogP contribution in [0.15, 0.2) is 0 Å². The average Bonchev–Trinajstić information content (AvgIpc) is 1.99. The zero-order valence-electron chi connectivity index (χ0n) is 9.29. The summed E-state index contributed by atoms with van der Waals surface area (Å²) < 4.78 is 0. The van der Waals surface area contributed by atoms with Crippen LogP contribution in [-0.2, 0) is 0 Å².